The van der Waals surface area contributed by atoms with Crippen molar-refractivity contribution in [3.05, 3.63) is 47.8 Å². The minimum Gasteiger partial charge on any atom is -0.479 e. The van der Waals surface area contributed by atoms with Gasteiger partial charge in [-0.05, 0) is 5.56 Å². The second kappa shape index (κ2) is 8.20. The zero-order valence-corrected chi connectivity index (χ0v) is 12.7. The Bertz CT molecular complexity index is 576. The van der Waals surface area contributed by atoms with Crippen molar-refractivity contribution in [1.29, 1.82) is 0 Å². The van der Waals surface area contributed by atoms with Crippen LogP contribution in [-0.2, 0) is 38.5 Å². The molecule has 0 saturated heterocycles. The van der Waals surface area contributed by atoms with Crippen LogP contribution in [0.15, 0.2) is 30.3 Å². The van der Waals surface area contributed by atoms with Gasteiger partial charge in [0, 0.05) is 0 Å². The molecule has 0 saturated carbocycles. The van der Waals surface area contributed by atoms with Gasteiger partial charge in [-0.3, -0.25) is 5.10 Å². The fourth-order valence-corrected chi connectivity index (χ4v) is 1.49. The van der Waals surface area contributed by atoms with E-state index in [1.54, 1.807) is 30.3 Å². The number of amides is 1. The molecule has 1 atom stereocenters. The molecule has 1 aromatic carbocycles. The van der Waals surface area contributed by atoms with Crippen molar-refractivity contribution >= 4 is 12.1 Å². The van der Waals surface area contributed by atoms with Crippen molar-refractivity contribution < 1.29 is 41.8 Å². The van der Waals surface area contributed by atoms with Crippen LogP contribution in [-0.4, -0.2) is 32.6 Å². The molecule has 21 heavy (non-hydrogen) atoms. The Kier molecular flexibility index (Phi) is 6.60. The molecular weight excluding hydrogens is 461 g/mol. The molecule has 114 valence electrons. The second-order valence-corrected chi connectivity index (χ2v) is 3.80. The standard InChI is InChI=1S/C12H11N4O4.Au/c17-11(18)10(8-4-2-1-3-5-8)14-12(19)20-7-9-6-13-16-15-9;/h1-5,10H,7H2,(H,14,19)(H,17,18)(H,13,15,16);/q-1;+1/t10-;/m0./s1. The summed E-state index contributed by atoms with van der Waals surface area (Å²) in [5, 5.41) is 20.7. The van der Waals surface area contributed by atoms with Crippen LogP contribution in [0, 0.1) is 6.20 Å². The number of alkyl carbamates (subject to hydrolysis) is 1. The summed E-state index contributed by atoms with van der Waals surface area (Å²) in [7, 11) is 0. The van der Waals surface area contributed by atoms with Crippen molar-refractivity contribution in [3.63, 3.8) is 0 Å². The number of H-pyrrole nitrogens is 1. The molecule has 9 heteroatoms. The summed E-state index contributed by atoms with van der Waals surface area (Å²) >= 11 is 0. The Balaban J connectivity index is 0.00000220. The van der Waals surface area contributed by atoms with Gasteiger partial charge in [-0.2, -0.15) is 0 Å². The molecule has 1 heterocycles. The van der Waals surface area contributed by atoms with E-state index in [4.69, 9.17) is 9.84 Å². The van der Waals surface area contributed by atoms with Crippen molar-refractivity contribution in [2.75, 3.05) is 0 Å². The number of carbonyl (C=O) groups excluding carboxylic acids is 1. The summed E-state index contributed by atoms with van der Waals surface area (Å²) in [4.78, 5) is 22.7. The minimum atomic E-state index is -1.18. The molecule has 0 bridgehead atoms. The summed E-state index contributed by atoms with van der Waals surface area (Å²) in [5.74, 6) is -1.18. The Labute approximate surface area is 135 Å². The third-order valence-electron chi connectivity index (χ3n) is 2.41. The predicted molar refractivity (Wildman–Crippen MR) is 65.4 cm³/mol. The maximum absolute atomic E-state index is 11.6. The van der Waals surface area contributed by atoms with E-state index in [0.717, 1.165) is 0 Å². The molecule has 0 aliphatic heterocycles. The molecule has 0 fully saturated rings. The third-order valence-corrected chi connectivity index (χ3v) is 2.41. The van der Waals surface area contributed by atoms with Crippen LogP contribution in [0.4, 0.5) is 4.79 Å². The largest absolute Gasteiger partial charge is 1.00 e. The molecule has 3 N–H and O–H groups in total. The number of carboxylic acid groups (broad SMARTS) is 1. The molecule has 0 aliphatic carbocycles. The Morgan fingerprint density at radius 3 is 2.67 bits per heavy atom. The number of aromatic amines is 1. The normalized spacial score (nSPS) is 11.0. The SMILES string of the molecule is O=C(N[C@H](C(=O)O)c1ccccc1)OCc1[c-]nn[nH]1.[Au+]. The van der Waals surface area contributed by atoms with Gasteiger partial charge in [0.25, 0.3) is 0 Å². The fraction of sp³-hybridized carbons (Fsp3) is 0.167. The van der Waals surface area contributed by atoms with E-state index in [1.165, 1.54) is 0 Å². The van der Waals surface area contributed by atoms with Gasteiger partial charge in [0.2, 0.25) is 0 Å². The molecule has 0 aliphatic rings. The van der Waals surface area contributed by atoms with Crippen LogP contribution in [0.1, 0.15) is 17.3 Å². The van der Waals surface area contributed by atoms with Gasteiger partial charge in [0.1, 0.15) is 6.61 Å². The number of nitrogens with zero attached hydrogens (tertiary/aromatic N) is 2. The number of hydrogen-bond donors (Lipinski definition) is 3. The van der Waals surface area contributed by atoms with Gasteiger partial charge >= 0.3 is 34.4 Å². The number of benzene rings is 1. The Morgan fingerprint density at radius 1 is 1.38 bits per heavy atom. The third kappa shape index (κ3) is 5.03. The first-order valence-electron chi connectivity index (χ1n) is 5.65. The quantitative estimate of drug-likeness (QED) is 0.435. The maximum Gasteiger partial charge on any atom is 1.00 e. The van der Waals surface area contributed by atoms with E-state index in [0.29, 0.717) is 11.3 Å². The number of aliphatic carboxylic acids is 1. The van der Waals surface area contributed by atoms with Crippen LogP contribution in [0.25, 0.3) is 0 Å². The molecule has 0 spiro atoms. The van der Waals surface area contributed by atoms with E-state index in [1.807, 2.05) is 0 Å². The Morgan fingerprint density at radius 2 is 2.10 bits per heavy atom. The maximum atomic E-state index is 11.6. The molecule has 1 amide bonds. The zero-order valence-electron chi connectivity index (χ0n) is 10.5. The van der Waals surface area contributed by atoms with Crippen molar-refractivity contribution in [2.24, 2.45) is 0 Å². The first-order valence-corrected chi connectivity index (χ1v) is 5.65. The summed E-state index contributed by atoms with van der Waals surface area (Å²) in [6, 6.07) is 7.15. The van der Waals surface area contributed by atoms with Gasteiger partial charge < -0.3 is 26.5 Å². The molecule has 0 unspecified atom stereocenters. The summed E-state index contributed by atoms with van der Waals surface area (Å²) in [6.45, 7) is -0.125. The van der Waals surface area contributed by atoms with Crippen LogP contribution in [0.2, 0.25) is 0 Å². The van der Waals surface area contributed by atoms with Crippen LogP contribution in [0.3, 0.4) is 0 Å². The van der Waals surface area contributed by atoms with Gasteiger partial charge in [-0.15, -0.1) is 5.21 Å². The average Bonchev–Trinajstić information content (AvgIpc) is 2.96. The van der Waals surface area contributed by atoms with Crippen molar-refractivity contribution in [3.8, 4) is 0 Å². The molecule has 1 aromatic heterocycles. The van der Waals surface area contributed by atoms with Gasteiger partial charge in [0.15, 0.2) is 6.04 Å². The molecule has 8 nitrogen and oxygen atoms in total. The topological polar surface area (TPSA) is 117 Å². The number of rotatable bonds is 5. The van der Waals surface area contributed by atoms with E-state index in [-0.39, 0.29) is 29.0 Å². The van der Waals surface area contributed by atoms with E-state index < -0.39 is 18.1 Å². The average molecular weight is 472 g/mol. The van der Waals surface area contributed by atoms with E-state index in [9.17, 15) is 9.59 Å². The van der Waals surface area contributed by atoms with Crippen molar-refractivity contribution in [2.45, 2.75) is 12.6 Å². The summed E-state index contributed by atoms with van der Waals surface area (Å²) in [5.41, 5.74) is 0.832. The van der Waals surface area contributed by atoms with Crippen LogP contribution in [0.5, 0.6) is 0 Å². The fourth-order valence-electron chi connectivity index (χ4n) is 1.49. The molecule has 0 radical (unpaired) electrons. The first-order chi connectivity index (χ1) is 9.66. The summed E-state index contributed by atoms with van der Waals surface area (Å²) in [6.07, 6.45) is 1.61. The van der Waals surface area contributed by atoms with Crippen LogP contribution < -0.4 is 5.32 Å². The Hall–Kier alpha value is -2.16. The van der Waals surface area contributed by atoms with Gasteiger partial charge in [-0.25, -0.2) is 9.59 Å². The smallest absolute Gasteiger partial charge is 0.479 e. The number of nitrogens with one attached hydrogen (secondary N) is 2. The van der Waals surface area contributed by atoms with Gasteiger partial charge in [-0.1, -0.05) is 36.0 Å². The minimum absolute atomic E-state index is 0. The summed E-state index contributed by atoms with van der Waals surface area (Å²) < 4.78 is 4.83. The monoisotopic (exact) mass is 472 g/mol. The van der Waals surface area contributed by atoms with E-state index in [2.05, 4.69) is 26.9 Å². The molecular formula is C12H11AuN4O4. The number of aromatic nitrogens is 3. The van der Waals surface area contributed by atoms with Crippen LogP contribution >= 0.6 is 0 Å². The number of carboxylic acids is 1. The predicted octanol–water partition coefficient (Wildman–Crippen LogP) is 0.654. The second-order valence-electron chi connectivity index (χ2n) is 3.80. The zero-order chi connectivity index (χ0) is 14.4. The number of carbonyl (C=O) groups is 2. The van der Waals surface area contributed by atoms with E-state index >= 15 is 0 Å². The van der Waals surface area contributed by atoms with Gasteiger partial charge in [0.05, 0.1) is 0 Å². The number of hydrogen-bond acceptors (Lipinski definition) is 5. The molecule has 2 rings (SSSR count). The molecule has 2 aromatic rings. The first kappa shape index (κ1) is 16.9. The number of ether oxygens (including phenoxy) is 1. The van der Waals surface area contributed by atoms with Crippen molar-refractivity contribution in [1.82, 2.24) is 20.7 Å².